The van der Waals surface area contributed by atoms with E-state index in [1.165, 1.54) is 0 Å². The summed E-state index contributed by atoms with van der Waals surface area (Å²) in [4.78, 5) is 25.5. The van der Waals surface area contributed by atoms with E-state index in [9.17, 15) is 9.59 Å². The Morgan fingerprint density at radius 1 is 0.567 bits per heavy atom. The second kappa shape index (κ2) is 8.21. The van der Waals surface area contributed by atoms with Gasteiger partial charge in [-0.3, -0.25) is 9.59 Å². The van der Waals surface area contributed by atoms with Gasteiger partial charge in [-0.25, -0.2) is 0 Å². The fourth-order valence-corrected chi connectivity index (χ4v) is 3.55. The highest BCUT2D eigenvalue weighted by Gasteiger charge is 2.13. The van der Waals surface area contributed by atoms with Gasteiger partial charge in [0, 0.05) is 22.5 Å². The molecule has 2 amide bonds. The minimum Gasteiger partial charge on any atom is -0.322 e. The Kier molecular flexibility index (Phi) is 5.31. The van der Waals surface area contributed by atoms with Crippen LogP contribution in [0, 0.1) is 13.8 Å². The maximum absolute atomic E-state index is 12.9. The Labute approximate surface area is 175 Å². The van der Waals surface area contributed by atoms with Crippen molar-refractivity contribution in [1.82, 2.24) is 0 Å². The van der Waals surface area contributed by atoms with Crippen molar-refractivity contribution < 1.29 is 9.59 Å². The molecule has 0 spiro atoms. The molecule has 4 aromatic carbocycles. The van der Waals surface area contributed by atoms with E-state index in [1.54, 1.807) is 30.3 Å². The summed E-state index contributed by atoms with van der Waals surface area (Å²) in [5, 5.41) is 7.82. The number of nitrogens with one attached hydrogen (secondary N) is 2. The molecule has 148 valence electrons. The van der Waals surface area contributed by atoms with Crippen LogP contribution in [0.25, 0.3) is 10.8 Å². The summed E-state index contributed by atoms with van der Waals surface area (Å²) in [5.41, 5.74) is 4.51. The van der Waals surface area contributed by atoms with E-state index in [-0.39, 0.29) is 11.8 Å². The maximum atomic E-state index is 12.9. The van der Waals surface area contributed by atoms with Crippen molar-refractivity contribution in [3.63, 3.8) is 0 Å². The number of carbonyl (C=O) groups excluding carboxylic acids is 2. The van der Waals surface area contributed by atoms with Crippen molar-refractivity contribution in [3.8, 4) is 0 Å². The van der Waals surface area contributed by atoms with E-state index in [4.69, 9.17) is 0 Å². The van der Waals surface area contributed by atoms with E-state index < -0.39 is 0 Å². The smallest absolute Gasteiger partial charge is 0.256 e. The minimum absolute atomic E-state index is 0.180. The third kappa shape index (κ3) is 3.94. The van der Waals surface area contributed by atoms with E-state index >= 15 is 0 Å². The molecule has 0 saturated carbocycles. The lowest BCUT2D eigenvalue weighted by molar-refractivity contribution is 0.102. The maximum Gasteiger partial charge on any atom is 0.256 e. The molecule has 30 heavy (non-hydrogen) atoms. The number of carbonyl (C=O) groups is 2. The molecular weight excluding hydrogens is 372 g/mol. The van der Waals surface area contributed by atoms with E-state index in [1.807, 2.05) is 68.4 Å². The summed E-state index contributed by atoms with van der Waals surface area (Å²) in [6, 6.07) is 26.3. The van der Waals surface area contributed by atoms with E-state index in [0.29, 0.717) is 22.5 Å². The molecule has 0 saturated heterocycles. The first-order valence-electron chi connectivity index (χ1n) is 9.79. The average Bonchev–Trinajstić information content (AvgIpc) is 2.74. The summed E-state index contributed by atoms with van der Waals surface area (Å²) in [6.45, 7) is 3.93. The molecular formula is C26H22N2O2. The van der Waals surface area contributed by atoms with Crippen molar-refractivity contribution in [1.29, 1.82) is 0 Å². The molecule has 4 heteroatoms. The third-order valence-electron chi connectivity index (χ3n) is 5.15. The van der Waals surface area contributed by atoms with Crippen LogP contribution in [0.3, 0.4) is 0 Å². The van der Waals surface area contributed by atoms with Gasteiger partial charge in [0.15, 0.2) is 0 Å². The predicted octanol–water partition coefficient (Wildman–Crippen LogP) is 5.96. The molecule has 4 nitrogen and oxygen atoms in total. The zero-order chi connectivity index (χ0) is 21.1. The Balaban J connectivity index is 1.55. The quantitative estimate of drug-likeness (QED) is 0.449. The topological polar surface area (TPSA) is 58.2 Å². The Morgan fingerprint density at radius 3 is 1.87 bits per heavy atom. The normalized spacial score (nSPS) is 10.6. The molecule has 0 aliphatic heterocycles. The molecule has 0 aliphatic carbocycles. The van der Waals surface area contributed by atoms with Crippen molar-refractivity contribution >= 4 is 34.0 Å². The van der Waals surface area contributed by atoms with Gasteiger partial charge in [-0.1, -0.05) is 54.6 Å². The monoisotopic (exact) mass is 394 g/mol. The lowest BCUT2D eigenvalue weighted by Gasteiger charge is -2.12. The number of fused-ring (bicyclic) bond motifs is 1. The highest BCUT2D eigenvalue weighted by atomic mass is 16.2. The van der Waals surface area contributed by atoms with Gasteiger partial charge in [0.25, 0.3) is 11.8 Å². The van der Waals surface area contributed by atoms with Crippen LogP contribution in [0.1, 0.15) is 31.8 Å². The Hall–Kier alpha value is -3.92. The number of anilines is 2. The number of rotatable bonds is 4. The summed E-state index contributed by atoms with van der Waals surface area (Å²) < 4.78 is 0. The molecule has 0 fully saturated rings. The molecule has 0 bridgehead atoms. The third-order valence-corrected chi connectivity index (χ3v) is 5.15. The Bertz CT molecular complexity index is 1260. The molecule has 0 aromatic heterocycles. The number of amides is 2. The van der Waals surface area contributed by atoms with Crippen molar-refractivity contribution in [3.05, 3.63) is 107 Å². The van der Waals surface area contributed by atoms with Gasteiger partial charge in [-0.2, -0.15) is 0 Å². The highest BCUT2D eigenvalue weighted by Crippen LogP contribution is 2.24. The highest BCUT2D eigenvalue weighted by molar-refractivity contribution is 6.13. The van der Waals surface area contributed by atoms with Crippen molar-refractivity contribution in [2.75, 3.05) is 10.6 Å². The molecule has 2 N–H and O–H groups in total. The molecule has 4 rings (SSSR count). The van der Waals surface area contributed by atoms with Crippen LogP contribution in [0.5, 0.6) is 0 Å². The Morgan fingerprint density at radius 2 is 1.17 bits per heavy atom. The van der Waals surface area contributed by atoms with Gasteiger partial charge in [-0.15, -0.1) is 0 Å². The van der Waals surface area contributed by atoms with Crippen LogP contribution in [-0.2, 0) is 0 Å². The van der Waals surface area contributed by atoms with Gasteiger partial charge >= 0.3 is 0 Å². The number of aryl methyl sites for hydroxylation is 2. The summed E-state index contributed by atoms with van der Waals surface area (Å²) in [5.74, 6) is -0.366. The van der Waals surface area contributed by atoms with E-state index in [2.05, 4.69) is 10.6 Å². The number of hydrogen-bond donors (Lipinski definition) is 2. The summed E-state index contributed by atoms with van der Waals surface area (Å²) in [7, 11) is 0. The van der Waals surface area contributed by atoms with Crippen LogP contribution in [0.2, 0.25) is 0 Å². The lowest BCUT2D eigenvalue weighted by Crippen LogP contribution is -2.15. The summed E-state index contributed by atoms with van der Waals surface area (Å²) in [6.07, 6.45) is 0. The zero-order valence-corrected chi connectivity index (χ0v) is 16.9. The van der Waals surface area contributed by atoms with E-state index in [0.717, 1.165) is 21.9 Å². The van der Waals surface area contributed by atoms with Crippen LogP contribution < -0.4 is 10.6 Å². The van der Waals surface area contributed by atoms with Crippen LogP contribution in [-0.4, -0.2) is 11.8 Å². The molecule has 0 unspecified atom stereocenters. The first-order valence-corrected chi connectivity index (χ1v) is 9.79. The molecule has 0 atom stereocenters. The molecule has 4 aromatic rings. The number of benzene rings is 4. The molecule has 0 radical (unpaired) electrons. The SMILES string of the molecule is Cc1ccccc1C(=O)Nc1cccc(NC(=O)c2ccc(C)c3ccccc23)c1. The van der Waals surface area contributed by atoms with Crippen LogP contribution in [0.4, 0.5) is 11.4 Å². The van der Waals surface area contributed by atoms with Crippen molar-refractivity contribution in [2.45, 2.75) is 13.8 Å². The fourth-order valence-electron chi connectivity index (χ4n) is 3.55. The van der Waals surface area contributed by atoms with Gasteiger partial charge in [0.05, 0.1) is 0 Å². The summed E-state index contributed by atoms with van der Waals surface area (Å²) >= 11 is 0. The number of hydrogen-bond acceptors (Lipinski definition) is 2. The largest absolute Gasteiger partial charge is 0.322 e. The second-order valence-corrected chi connectivity index (χ2v) is 7.28. The minimum atomic E-state index is -0.186. The van der Waals surface area contributed by atoms with Crippen LogP contribution in [0.15, 0.2) is 84.9 Å². The van der Waals surface area contributed by atoms with Gasteiger partial charge in [-0.05, 0) is 66.1 Å². The fraction of sp³-hybridized carbons (Fsp3) is 0.0769. The first-order chi connectivity index (χ1) is 14.5. The predicted molar refractivity (Wildman–Crippen MR) is 122 cm³/mol. The van der Waals surface area contributed by atoms with Gasteiger partial charge in [0.2, 0.25) is 0 Å². The first kappa shape index (κ1) is 19.4. The lowest BCUT2D eigenvalue weighted by atomic mass is 10.00. The zero-order valence-electron chi connectivity index (χ0n) is 16.9. The molecule has 0 aliphatic rings. The van der Waals surface area contributed by atoms with Crippen molar-refractivity contribution in [2.24, 2.45) is 0 Å². The standard InChI is InChI=1S/C26H22N2O2/c1-17-8-3-4-12-22(17)25(29)27-19-9-7-10-20(16-19)28-26(30)24-15-14-18(2)21-11-5-6-13-23(21)24/h3-16H,1-2H3,(H,27,29)(H,28,30). The average molecular weight is 394 g/mol. The molecule has 0 heterocycles. The van der Waals surface area contributed by atoms with Gasteiger partial charge < -0.3 is 10.6 Å². The van der Waals surface area contributed by atoms with Gasteiger partial charge in [0.1, 0.15) is 0 Å². The second-order valence-electron chi connectivity index (χ2n) is 7.28. The van der Waals surface area contributed by atoms with Crippen LogP contribution >= 0.6 is 0 Å².